The highest BCUT2D eigenvalue weighted by Gasteiger charge is 2.30. The van der Waals surface area contributed by atoms with Gasteiger partial charge >= 0.3 is 12.0 Å². The molecule has 1 aliphatic carbocycles. The monoisotopic (exact) mass is 260 g/mol. The predicted molar refractivity (Wildman–Crippen MR) is 63.3 cm³/mol. The Balaban J connectivity index is 2.55. The molecule has 0 saturated heterocycles. The zero-order valence-electron chi connectivity index (χ0n) is 10.5. The Morgan fingerprint density at radius 2 is 2.17 bits per heavy atom. The van der Waals surface area contributed by atoms with Gasteiger partial charge in [0.1, 0.15) is 0 Å². The summed E-state index contributed by atoms with van der Waals surface area (Å²) in [6.07, 6.45) is 2.85. The zero-order valence-corrected chi connectivity index (χ0v) is 10.5. The van der Waals surface area contributed by atoms with Crippen molar-refractivity contribution in [2.24, 2.45) is 0 Å². The maximum absolute atomic E-state index is 11.9. The van der Waals surface area contributed by atoms with E-state index in [9.17, 15) is 9.59 Å². The van der Waals surface area contributed by atoms with Crippen LogP contribution in [-0.4, -0.2) is 66.1 Å². The van der Waals surface area contributed by atoms with Crippen LogP contribution in [0.25, 0.3) is 0 Å². The van der Waals surface area contributed by atoms with E-state index in [1.807, 2.05) is 0 Å². The SMILES string of the molecule is COCC(NC(=O)N(CCO)C1CCC1)C(=O)O. The van der Waals surface area contributed by atoms with E-state index in [0.29, 0.717) is 0 Å². The van der Waals surface area contributed by atoms with Crippen LogP contribution >= 0.6 is 0 Å². The molecule has 104 valence electrons. The summed E-state index contributed by atoms with van der Waals surface area (Å²) in [4.78, 5) is 24.3. The molecule has 1 unspecified atom stereocenters. The number of hydrogen-bond donors (Lipinski definition) is 3. The lowest BCUT2D eigenvalue weighted by atomic mass is 9.91. The fraction of sp³-hybridized carbons (Fsp3) is 0.818. The second kappa shape index (κ2) is 7.17. The lowest BCUT2D eigenvalue weighted by Gasteiger charge is -2.37. The first-order valence-electron chi connectivity index (χ1n) is 6.00. The highest BCUT2D eigenvalue weighted by molar-refractivity contribution is 5.82. The second-order valence-electron chi connectivity index (χ2n) is 4.30. The van der Waals surface area contributed by atoms with Crippen molar-refractivity contribution < 1.29 is 24.5 Å². The van der Waals surface area contributed by atoms with E-state index in [1.54, 1.807) is 0 Å². The molecule has 1 saturated carbocycles. The standard InChI is InChI=1S/C11H20N2O5/c1-18-7-9(10(15)16)12-11(17)13(5-6-14)8-3-2-4-8/h8-9,14H,2-7H2,1H3,(H,12,17)(H,15,16). The van der Waals surface area contributed by atoms with Gasteiger partial charge in [0, 0.05) is 19.7 Å². The number of hydrogen-bond acceptors (Lipinski definition) is 4. The molecule has 0 aliphatic heterocycles. The molecule has 1 rings (SSSR count). The molecule has 1 fully saturated rings. The van der Waals surface area contributed by atoms with Crippen molar-refractivity contribution in [2.75, 3.05) is 26.9 Å². The molecule has 1 atom stereocenters. The number of ether oxygens (including phenoxy) is 1. The number of aliphatic hydroxyl groups is 1. The zero-order chi connectivity index (χ0) is 13.5. The van der Waals surface area contributed by atoms with Crippen molar-refractivity contribution in [1.29, 1.82) is 0 Å². The molecule has 0 radical (unpaired) electrons. The first-order valence-corrected chi connectivity index (χ1v) is 6.00. The number of aliphatic carboxylic acids is 1. The molecule has 0 aromatic carbocycles. The van der Waals surface area contributed by atoms with E-state index in [2.05, 4.69) is 5.32 Å². The summed E-state index contributed by atoms with van der Waals surface area (Å²) in [7, 11) is 1.37. The number of nitrogens with one attached hydrogen (secondary N) is 1. The van der Waals surface area contributed by atoms with Gasteiger partial charge in [-0.15, -0.1) is 0 Å². The average Bonchev–Trinajstić information content (AvgIpc) is 2.25. The highest BCUT2D eigenvalue weighted by atomic mass is 16.5. The first-order chi connectivity index (χ1) is 8.60. The lowest BCUT2D eigenvalue weighted by molar-refractivity contribution is -0.140. The number of carboxylic acid groups (broad SMARTS) is 1. The van der Waals surface area contributed by atoms with Gasteiger partial charge in [0.05, 0.1) is 13.2 Å². The molecular formula is C11H20N2O5. The van der Waals surface area contributed by atoms with Crippen LogP contribution in [0.15, 0.2) is 0 Å². The summed E-state index contributed by atoms with van der Waals surface area (Å²) in [5.41, 5.74) is 0. The molecule has 0 bridgehead atoms. The van der Waals surface area contributed by atoms with Crippen molar-refractivity contribution in [1.82, 2.24) is 10.2 Å². The Morgan fingerprint density at radius 3 is 2.56 bits per heavy atom. The van der Waals surface area contributed by atoms with Gasteiger partial charge in [0.25, 0.3) is 0 Å². The average molecular weight is 260 g/mol. The fourth-order valence-electron chi connectivity index (χ4n) is 1.83. The van der Waals surface area contributed by atoms with Gasteiger partial charge in [0.2, 0.25) is 0 Å². The van der Waals surface area contributed by atoms with Gasteiger partial charge in [-0.3, -0.25) is 0 Å². The normalized spacial score (nSPS) is 16.8. The minimum Gasteiger partial charge on any atom is -0.480 e. The Kier molecular flexibility index (Phi) is 5.87. The lowest BCUT2D eigenvalue weighted by Crippen LogP contribution is -2.54. The number of methoxy groups -OCH3 is 1. The van der Waals surface area contributed by atoms with Crippen LogP contribution in [0.3, 0.4) is 0 Å². The highest BCUT2D eigenvalue weighted by Crippen LogP contribution is 2.24. The molecule has 0 aromatic rings. The van der Waals surface area contributed by atoms with Crippen LogP contribution < -0.4 is 5.32 Å². The van der Waals surface area contributed by atoms with Gasteiger partial charge in [-0.05, 0) is 19.3 Å². The summed E-state index contributed by atoms with van der Waals surface area (Å²) in [6, 6.07) is -1.42. The molecule has 1 aliphatic rings. The quantitative estimate of drug-likeness (QED) is 0.580. The van der Waals surface area contributed by atoms with Gasteiger partial charge in [-0.25, -0.2) is 9.59 Å². The van der Waals surface area contributed by atoms with Crippen molar-refractivity contribution >= 4 is 12.0 Å². The topological polar surface area (TPSA) is 99.1 Å². The molecule has 3 N–H and O–H groups in total. The van der Waals surface area contributed by atoms with E-state index in [4.69, 9.17) is 14.9 Å². The number of urea groups is 1. The third kappa shape index (κ3) is 3.85. The van der Waals surface area contributed by atoms with E-state index in [1.165, 1.54) is 12.0 Å². The van der Waals surface area contributed by atoms with E-state index >= 15 is 0 Å². The Bertz CT molecular complexity index is 293. The number of carbonyl (C=O) groups is 2. The van der Waals surface area contributed by atoms with Gasteiger partial charge < -0.3 is 25.2 Å². The summed E-state index contributed by atoms with van der Waals surface area (Å²) in [6.45, 7) is 0.000458. The minimum atomic E-state index is -1.14. The number of amides is 2. The summed E-state index contributed by atoms with van der Waals surface area (Å²) in [5, 5.41) is 20.3. The van der Waals surface area contributed by atoms with Crippen LogP contribution in [0.1, 0.15) is 19.3 Å². The van der Waals surface area contributed by atoms with Gasteiger partial charge in [0.15, 0.2) is 6.04 Å². The third-order valence-electron chi connectivity index (χ3n) is 3.05. The van der Waals surface area contributed by atoms with Gasteiger partial charge in [-0.1, -0.05) is 0 Å². The Labute approximate surface area is 106 Å². The summed E-state index contributed by atoms with van der Waals surface area (Å²) < 4.78 is 4.74. The largest absolute Gasteiger partial charge is 0.480 e. The molecule has 0 aromatic heterocycles. The molecule has 7 heteroatoms. The Morgan fingerprint density at radius 1 is 1.50 bits per heavy atom. The van der Waals surface area contributed by atoms with Crippen LogP contribution in [0.5, 0.6) is 0 Å². The van der Waals surface area contributed by atoms with Crippen LogP contribution in [-0.2, 0) is 9.53 Å². The van der Waals surface area contributed by atoms with E-state index < -0.39 is 18.0 Å². The van der Waals surface area contributed by atoms with Crippen molar-refractivity contribution in [2.45, 2.75) is 31.3 Å². The number of nitrogens with zero attached hydrogens (tertiary/aromatic N) is 1. The van der Waals surface area contributed by atoms with Gasteiger partial charge in [-0.2, -0.15) is 0 Å². The van der Waals surface area contributed by atoms with Crippen molar-refractivity contribution in [3.63, 3.8) is 0 Å². The summed E-state index contributed by atoms with van der Waals surface area (Å²) >= 11 is 0. The van der Waals surface area contributed by atoms with E-state index in [-0.39, 0.29) is 25.8 Å². The number of aliphatic hydroxyl groups excluding tert-OH is 1. The number of carboxylic acids is 1. The molecule has 0 heterocycles. The third-order valence-corrected chi connectivity index (χ3v) is 3.05. The van der Waals surface area contributed by atoms with Crippen molar-refractivity contribution in [3.8, 4) is 0 Å². The maximum atomic E-state index is 11.9. The maximum Gasteiger partial charge on any atom is 0.328 e. The smallest absolute Gasteiger partial charge is 0.328 e. The molecule has 2 amide bonds. The summed E-state index contributed by atoms with van der Waals surface area (Å²) in [5.74, 6) is -1.14. The van der Waals surface area contributed by atoms with Crippen LogP contribution in [0, 0.1) is 0 Å². The molecule has 7 nitrogen and oxygen atoms in total. The number of carbonyl (C=O) groups excluding carboxylic acids is 1. The van der Waals surface area contributed by atoms with Crippen molar-refractivity contribution in [3.05, 3.63) is 0 Å². The number of rotatable bonds is 7. The van der Waals surface area contributed by atoms with E-state index in [0.717, 1.165) is 19.3 Å². The first kappa shape index (κ1) is 14.7. The molecule has 18 heavy (non-hydrogen) atoms. The minimum absolute atomic E-state index is 0.0846. The molecular weight excluding hydrogens is 240 g/mol. The second-order valence-corrected chi connectivity index (χ2v) is 4.30. The Hall–Kier alpha value is -1.34. The van der Waals surface area contributed by atoms with Crippen LogP contribution in [0.4, 0.5) is 4.79 Å². The predicted octanol–water partition coefficient (Wildman–Crippen LogP) is -0.358. The molecule has 0 spiro atoms. The van der Waals surface area contributed by atoms with Crippen LogP contribution in [0.2, 0.25) is 0 Å². The fourth-order valence-corrected chi connectivity index (χ4v) is 1.83.